The Labute approximate surface area is 125 Å². The topological polar surface area (TPSA) is 90.6 Å². The Bertz CT molecular complexity index is 590. The molecule has 1 heterocycles. The number of ether oxygens (including phenoxy) is 2. The second-order valence-corrected chi connectivity index (χ2v) is 7.33. The second kappa shape index (κ2) is 6.21. The third-order valence-corrected chi connectivity index (χ3v) is 5.29. The van der Waals surface area contributed by atoms with Gasteiger partial charge in [-0.05, 0) is 32.4 Å². The minimum atomic E-state index is -3.44. The van der Waals surface area contributed by atoms with Crippen molar-refractivity contribution in [1.29, 1.82) is 0 Å². The molecule has 1 aromatic rings. The van der Waals surface area contributed by atoms with Crippen LogP contribution in [-0.2, 0) is 14.8 Å². The van der Waals surface area contributed by atoms with Crippen LogP contribution in [0, 0.1) is 0 Å². The summed E-state index contributed by atoms with van der Waals surface area (Å²) in [5.74, 6) is 0.375. The average Bonchev–Trinajstić information content (AvgIpc) is 2.70. The lowest BCUT2D eigenvalue weighted by molar-refractivity contribution is 0.0957. The zero-order valence-corrected chi connectivity index (χ0v) is 13.2. The molecule has 2 unspecified atom stereocenters. The van der Waals surface area contributed by atoms with Gasteiger partial charge in [-0.25, -0.2) is 13.1 Å². The maximum Gasteiger partial charge on any atom is 0.215 e. The van der Waals surface area contributed by atoms with Crippen molar-refractivity contribution in [2.45, 2.75) is 31.9 Å². The van der Waals surface area contributed by atoms with Gasteiger partial charge in [0.1, 0.15) is 12.4 Å². The van der Waals surface area contributed by atoms with Gasteiger partial charge in [-0.2, -0.15) is 0 Å². The number of para-hydroxylation sites is 2. The van der Waals surface area contributed by atoms with E-state index in [1.165, 1.54) is 0 Å². The highest BCUT2D eigenvalue weighted by atomic mass is 32.2. The zero-order chi connectivity index (χ0) is 15.5. The molecule has 0 spiro atoms. The minimum absolute atomic E-state index is 0.0505. The van der Waals surface area contributed by atoms with E-state index in [1.807, 2.05) is 13.8 Å². The molecule has 1 aliphatic rings. The third-order valence-electron chi connectivity index (χ3n) is 3.80. The van der Waals surface area contributed by atoms with Crippen molar-refractivity contribution in [3.8, 4) is 5.75 Å². The summed E-state index contributed by atoms with van der Waals surface area (Å²) in [6.07, 6.45) is 0.526. The normalized spacial score (nSPS) is 25.9. The molecule has 2 rings (SSSR count). The predicted octanol–water partition coefficient (Wildman–Crippen LogP) is 1.13. The fraction of sp³-hybridized carbons (Fsp3) is 0.571. The van der Waals surface area contributed by atoms with Gasteiger partial charge < -0.3 is 15.2 Å². The van der Waals surface area contributed by atoms with Crippen LogP contribution in [0.5, 0.6) is 5.75 Å². The van der Waals surface area contributed by atoms with E-state index >= 15 is 0 Å². The van der Waals surface area contributed by atoms with E-state index < -0.39 is 15.6 Å². The molecule has 0 saturated carbocycles. The molecule has 0 aromatic heterocycles. The van der Waals surface area contributed by atoms with Crippen LogP contribution in [0.3, 0.4) is 0 Å². The average molecular weight is 314 g/mol. The van der Waals surface area contributed by atoms with Gasteiger partial charge in [-0.15, -0.1) is 0 Å². The highest BCUT2D eigenvalue weighted by Gasteiger charge is 2.40. The molecule has 0 amide bonds. The first kappa shape index (κ1) is 16.1. The Morgan fingerprint density at radius 1 is 1.48 bits per heavy atom. The molecule has 0 bridgehead atoms. The summed E-state index contributed by atoms with van der Waals surface area (Å²) >= 11 is 0. The van der Waals surface area contributed by atoms with Gasteiger partial charge in [0, 0.05) is 6.61 Å². The van der Waals surface area contributed by atoms with Gasteiger partial charge in [0.2, 0.25) is 10.0 Å². The molecule has 0 aliphatic carbocycles. The van der Waals surface area contributed by atoms with Crippen LogP contribution in [0.1, 0.15) is 20.3 Å². The Morgan fingerprint density at radius 2 is 2.19 bits per heavy atom. The first-order valence-corrected chi connectivity index (χ1v) is 8.58. The summed E-state index contributed by atoms with van der Waals surface area (Å²) in [6.45, 7) is 4.35. The lowest BCUT2D eigenvalue weighted by Gasteiger charge is -2.28. The Hall–Kier alpha value is -1.31. The summed E-state index contributed by atoms with van der Waals surface area (Å²) in [6, 6.07) is 7.00. The van der Waals surface area contributed by atoms with Crippen LogP contribution in [0.2, 0.25) is 0 Å². The summed E-state index contributed by atoms with van der Waals surface area (Å²) in [4.78, 5) is 0. The summed E-state index contributed by atoms with van der Waals surface area (Å²) in [5.41, 5.74) is 5.68. The molecular weight excluding hydrogens is 292 g/mol. The molecule has 0 radical (unpaired) electrons. The summed E-state index contributed by atoms with van der Waals surface area (Å²) in [7, 11) is -3.44. The molecule has 3 N–H and O–H groups in total. The number of nitrogens with two attached hydrogens (primary N) is 1. The monoisotopic (exact) mass is 314 g/mol. The van der Waals surface area contributed by atoms with Crippen molar-refractivity contribution in [3.05, 3.63) is 24.3 Å². The maximum atomic E-state index is 12.1. The Balaban J connectivity index is 1.89. The van der Waals surface area contributed by atoms with Crippen LogP contribution >= 0.6 is 0 Å². The number of nitrogens with one attached hydrogen (secondary N) is 1. The van der Waals surface area contributed by atoms with Crippen molar-refractivity contribution in [3.63, 3.8) is 0 Å². The van der Waals surface area contributed by atoms with Crippen LogP contribution in [0.4, 0.5) is 5.69 Å². The molecule has 7 heteroatoms. The quantitative estimate of drug-likeness (QED) is 0.768. The molecule has 2 atom stereocenters. The first-order chi connectivity index (χ1) is 9.82. The fourth-order valence-corrected chi connectivity index (χ4v) is 3.63. The smallest absolute Gasteiger partial charge is 0.215 e. The maximum absolute atomic E-state index is 12.1. The van der Waals surface area contributed by atoms with Gasteiger partial charge in [-0.3, -0.25) is 0 Å². The number of rotatable bonds is 6. The standard InChI is InChI=1S/C14H22N2O4S/c1-11-14(2,7-8-19-11)16-21(17,18)10-9-20-13-6-4-3-5-12(13)15/h3-6,11,16H,7-10,15H2,1-2H3. The van der Waals surface area contributed by atoms with Crippen LogP contribution < -0.4 is 15.2 Å². The molecule has 118 valence electrons. The molecule has 6 nitrogen and oxygen atoms in total. The predicted molar refractivity (Wildman–Crippen MR) is 81.7 cm³/mol. The number of hydrogen-bond acceptors (Lipinski definition) is 5. The number of nitrogen functional groups attached to an aromatic ring is 1. The molecule has 1 saturated heterocycles. The lowest BCUT2D eigenvalue weighted by Crippen LogP contribution is -2.51. The van der Waals surface area contributed by atoms with Crippen molar-refractivity contribution < 1.29 is 17.9 Å². The molecular formula is C14H22N2O4S. The molecule has 1 aromatic carbocycles. The summed E-state index contributed by atoms with van der Waals surface area (Å²) < 4.78 is 37.8. The van der Waals surface area contributed by atoms with Gasteiger partial charge in [0.25, 0.3) is 0 Å². The number of benzene rings is 1. The van der Waals surface area contributed by atoms with E-state index in [9.17, 15) is 8.42 Å². The van der Waals surface area contributed by atoms with E-state index in [0.29, 0.717) is 24.5 Å². The SMILES string of the molecule is CC1OCCC1(C)NS(=O)(=O)CCOc1ccccc1N. The molecule has 1 aliphatic heterocycles. The van der Waals surface area contributed by atoms with Crippen molar-refractivity contribution in [2.24, 2.45) is 0 Å². The molecule has 1 fully saturated rings. The van der Waals surface area contributed by atoms with E-state index in [1.54, 1.807) is 24.3 Å². The van der Waals surface area contributed by atoms with Crippen LogP contribution in [0.25, 0.3) is 0 Å². The zero-order valence-electron chi connectivity index (χ0n) is 12.3. The second-order valence-electron chi connectivity index (χ2n) is 5.49. The van der Waals surface area contributed by atoms with Crippen LogP contribution in [0.15, 0.2) is 24.3 Å². The van der Waals surface area contributed by atoms with Crippen molar-refractivity contribution in [2.75, 3.05) is 24.7 Å². The fourth-order valence-electron chi connectivity index (χ4n) is 2.25. The largest absolute Gasteiger partial charge is 0.490 e. The highest BCUT2D eigenvalue weighted by Crippen LogP contribution is 2.26. The van der Waals surface area contributed by atoms with E-state index in [2.05, 4.69) is 4.72 Å². The highest BCUT2D eigenvalue weighted by molar-refractivity contribution is 7.89. The van der Waals surface area contributed by atoms with E-state index in [-0.39, 0.29) is 18.5 Å². The van der Waals surface area contributed by atoms with Gasteiger partial charge in [0.05, 0.1) is 23.1 Å². The first-order valence-electron chi connectivity index (χ1n) is 6.93. The van der Waals surface area contributed by atoms with Crippen molar-refractivity contribution in [1.82, 2.24) is 4.72 Å². The number of hydrogen-bond donors (Lipinski definition) is 2. The van der Waals surface area contributed by atoms with Crippen molar-refractivity contribution >= 4 is 15.7 Å². The van der Waals surface area contributed by atoms with Gasteiger partial charge >= 0.3 is 0 Å². The summed E-state index contributed by atoms with van der Waals surface area (Å²) in [5, 5.41) is 0. The molecule has 21 heavy (non-hydrogen) atoms. The number of anilines is 1. The van der Waals surface area contributed by atoms with E-state index in [0.717, 1.165) is 0 Å². The van der Waals surface area contributed by atoms with Crippen LogP contribution in [-0.4, -0.2) is 39.0 Å². The Morgan fingerprint density at radius 3 is 2.81 bits per heavy atom. The van der Waals surface area contributed by atoms with Gasteiger partial charge in [-0.1, -0.05) is 12.1 Å². The number of sulfonamides is 1. The minimum Gasteiger partial charge on any atom is -0.490 e. The Kier molecular flexibility index (Phi) is 4.75. The lowest BCUT2D eigenvalue weighted by atomic mass is 9.97. The third kappa shape index (κ3) is 4.09. The van der Waals surface area contributed by atoms with E-state index in [4.69, 9.17) is 15.2 Å². The van der Waals surface area contributed by atoms with Gasteiger partial charge in [0.15, 0.2) is 0 Å².